The van der Waals surface area contributed by atoms with Gasteiger partial charge in [-0.15, -0.1) is 11.3 Å². The number of thiazole rings is 1. The number of aryl methyl sites for hydroxylation is 1. The molecule has 0 radical (unpaired) electrons. The minimum absolute atomic E-state index is 0.0618. The lowest BCUT2D eigenvalue weighted by Gasteiger charge is -2.23. The fourth-order valence-electron chi connectivity index (χ4n) is 2.36. The van der Waals surface area contributed by atoms with Gasteiger partial charge in [-0.3, -0.25) is 9.59 Å². The summed E-state index contributed by atoms with van der Waals surface area (Å²) in [6.45, 7) is 7.79. The summed E-state index contributed by atoms with van der Waals surface area (Å²) in [5.41, 5.74) is 2.61. The van der Waals surface area contributed by atoms with Crippen LogP contribution in [0.4, 0.5) is 0 Å². The van der Waals surface area contributed by atoms with Crippen molar-refractivity contribution in [1.29, 1.82) is 0 Å². The molecule has 5 nitrogen and oxygen atoms in total. The van der Waals surface area contributed by atoms with Crippen molar-refractivity contribution in [1.82, 2.24) is 15.2 Å². The number of benzene rings is 1. The Hall–Kier alpha value is -2.21. The average molecular weight is 359 g/mol. The van der Waals surface area contributed by atoms with Crippen LogP contribution in [0.15, 0.2) is 29.6 Å². The second-order valence-corrected chi connectivity index (χ2v) is 8.24. The van der Waals surface area contributed by atoms with Crippen molar-refractivity contribution in [2.45, 2.75) is 39.7 Å². The number of aromatic nitrogens is 1. The van der Waals surface area contributed by atoms with E-state index in [0.717, 1.165) is 21.8 Å². The van der Waals surface area contributed by atoms with Crippen molar-refractivity contribution in [3.05, 3.63) is 40.2 Å². The zero-order valence-electron chi connectivity index (χ0n) is 15.4. The maximum Gasteiger partial charge on any atom is 0.240 e. The smallest absolute Gasteiger partial charge is 0.240 e. The largest absolute Gasteiger partial charge is 0.350 e. The summed E-state index contributed by atoms with van der Waals surface area (Å²) in [4.78, 5) is 30.1. The van der Waals surface area contributed by atoms with Crippen LogP contribution in [0.3, 0.4) is 0 Å². The Kier molecular flexibility index (Phi) is 5.95. The summed E-state index contributed by atoms with van der Waals surface area (Å²) >= 11 is 1.62. The van der Waals surface area contributed by atoms with E-state index in [1.165, 1.54) is 4.90 Å². The topological polar surface area (TPSA) is 62.3 Å². The summed E-state index contributed by atoms with van der Waals surface area (Å²) in [6, 6.07) is 7.82. The molecule has 0 unspecified atom stereocenters. The lowest BCUT2D eigenvalue weighted by Crippen LogP contribution is -2.46. The van der Waals surface area contributed by atoms with E-state index < -0.39 is 0 Å². The van der Waals surface area contributed by atoms with E-state index in [0.29, 0.717) is 0 Å². The Balaban J connectivity index is 1.92. The summed E-state index contributed by atoms with van der Waals surface area (Å²) in [5.74, 6) is -0.237. The van der Waals surface area contributed by atoms with Gasteiger partial charge in [0.25, 0.3) is 0 Å². The van der Waals surface area contributed by atoms with Gasteiger partial charge in [0, 0.05) is 23.5 Å². The SMILES string of the molecule is Cc1nc(-c2ccc(CC(=O)N(C)CC(=O)NC(C)(C)C)cc2)cs1. The molecule has 2 aromatic rings. The zero-order chi connectivity index (χ0) is 18.6. The molecule has 0 fully saturated rings. The molecule has 1 aromatic carbocycles. The molecule has 0 spiro atoms. The van der Waals surface area contributed by atoms with Gasteiger partial charge in [0.15, 0.2) is 0 Å². The van der Waals surface area contributed by atoms with E-state index in [4.69, 9.17) is 0 Å². The third kappa shape index (κ3) is 5.98. The third-order valence-corrected chi connectivity index (χ3v) is 4.32. The average Bonchev–Trinajstić information content (AvgIpc) is 2.92. The number of nitrogens with one attached hydrogen (secondary N) is 1. The van der Waals surface area contributed by atoms with Crippen LogP contribution in [0.5, 0.6) is 0 Å². The van der Waals surface area contributed by atoms with Gasteiger partial charge in [-0.25, -0.2) is 4.98 Å². The van der Waals surface area contributed by atoms with E-state index in [9.17, 15) is 9.59 Å². The van der Waals surface area contributed by atoms with Crippen LogP contribution < -0.4 is 5.32 Å². The molecule has 0 aliphatic carbocycles. The molecule has 1 aromatic heterocycles. The van der Waals surface area contributed by atoms with Crippen molar-refractivity contribution < 1.29 is 9.59 Å². The minimum Gasteiger partial charge on any atom is -0.350 e. The van der Waals surface area contributed by atoms with Gasteiger partial charge >= 0.3 is 0 Å². The maximum atomic E-state index is 12.3. The van der Waals surface area contributed by atoms with Gasteiger partial charge in [0.2, 0.25) is 11.8 Å². The monoisotopic (exact) mass is 359 g/mol. The van der Waals surface area contributed by atoms with Gasteiger partial charge in [0.1, 0.15) is 0 Å². The maximum absolute atomic E-state index is 12.3. The van der Waals surface area contributed by atoms with Gasteiger partial charge < -0.3 is 10.2 Å². The zero-order valence-corrected chi connectivity index (χ0v) is 16.2. The van der Waals surface area contributed by atoms with Gasteiger partial charge in [-0.2, -0.15) is 0 Å². The van der Waals surface area contributed by atoms with E-state index in [1.807, 2.05) is 57.3 Å². The van der Waals surface area contributed by atoms with Crippen LogP contribution in [0, 0.1) is 6.92 Å². The molecule has 0 aliphatic heterocycles. The summed E-state index contributed by atoms with van der Waals surface area (Å²) in [6.07, 6.45) is 0.273. The number of likely N-dealkylation sites (N-methyl/N-ethyl adjacent to an activating group) is 1. The number of carbonyl (C=O) groups is 2. The second kappa shape index (κ2) is 7.78. The molecule has 0 atom stereocenters. The fraction of sp³-hybridized carbons (Fsp3) is 0.421. The quantitative estimate of drug-likeness (QED) is 0.892. The number of rotatable bonds is 5. The second-order valence-electron chi connectivity index (χ2n) is 7.17. The molecule has 0 saturated heterocycles. The van der Waals surface area contributed by atoms with Crippen LogP contribution in [-0.4, -0.2) is 40.8 Å². The molecular formula is C19H25N3O2S. The van der Waals surface area contributed by atoms with Crippen LogP contribution in [0.1, 0.15) is 31.3 Å². The number of hydrogen-bond donors (Lipinski definition) is 1. The molecule has 0 saturated carbocycles. The van der Waals surface area contributed by atoms with E-state index >= 15 is 0 Å². The Labute approximate surface area is 153 Å². The molecule has 134 valence electrons. The van der Waals surface area contributed by atoms with E-state index in [1.54, 1.807) is 18.4 Å². The van der Waals surface area contributed by atoms with Crippen molar-refractivity contribution in [3.8, 4) is 11.3 Å². The summed E-state index contributed by atoms with van der Waals surface area (Å²) in [7, 11) is 1.65. The van der Waals surface area contributed by atoms with Gasteiger partial charge in [0.05, 0.1) is 23.7 Å². The first-order valence-electron chi connectivity index (χ1n) is 8.20. The molecule has 2 rings (SSSR count). The first-order valence-corrected chi connectivity index (χ1v) is 9.08. The van der Waals surface area contributed by atoms with Crippen LogP contribution in [0.2, 0.25) is 0 Å². The number of amides is 2. The van der Waals surface area contributed by atoms with Crippen LogP contribution in [0.25, 0.3) is 11.3 Å². The van der Waals surface area contributed by atoms with Crippen molar-refractivity contribution in [3.63, 3.8) is 0 Å². The molecule has 1 heterocycles. The van der Waals surface area contributed by atoms with Crippen molar-refractivity contribution in [2.24, 2.45) is 0 Å². The van der Waals surface area contributed by atoms with Crippen molar-refractivity contribution >= 4 is 23.2 Å². The predicted molar refractivity (Wildman–Crippen MR) is 102 cm³/mol. The Morgan fingerprint density at radius 3 is 2.36 bits per heavy atom. The lowest BCUT2D eigenvalue weighted by atomic mass is 10.1. The molecule has 1 N–H and O–H groups in total. The Morgan fingerprint density at radius 2 is 1.84 bits per heavy atom. The van der Waals surface area contributed by atoms with E-state index in [2.05, 4.69) is 10.3 Å². The fourth-order valence-corrected chi connectivity index (χ4v) is 2.98. The molecular weight excluding hydrogens is 334 g/mol. The van der Waals surface area contributed by atoms with Crippen LogP contribution in [-0.2, 0) is 16.0 Å². The molecule has 2 amide bonds. The molecule has 0 aliphatic rings. The standard InChI is InChI=1S/C19H25N3O2S/c1-13-20-16(12-25-13)15-8-6-14(7-9-15)10-18(24)22(5)11-17(23)21-19(2,3)4/h6-9,12H,10-11H2,1-5H3,(H,21,23). The Bertz CT molecular complexity index is 745. The van der Waals surface area contributed by atoms with Crippen molar-refractivity contribution in [2.75, 3.05) is 13.6 Å². The highest BCUT2D eigenvalue weighted by Gasteiger charge is 2.18. The van der Waals surface area contributed by atoms with Gasteiger partial charge in [-0.1, -0.05) is 24.3 Å². The molecule has 6 heteroatoms. The summed E-state index contributed by atoms with van der Waals surface area (Å²) < 4.78 is 0. The highest BCUT2D eigenvalue weighted by Crippen LogP contribution is 2.22. The Morgan fingerprint density at radius 1 is 1.20 bits per heavy atom. The minimum atomic E-state index is -0.301. The predicted octanol–water partition coefficient (Wildman–Crippen LogP) is 3.03. The highest BCUT2D eigenvalue weighted by molar-refractivity contribution is 7.09. The lowest BCUT2D eigenvalue weighted by molar-refractivity contribution is -0.134. The third-order valence-electron chi connectivity index (χ3n) is 3.55. The molecule has 25 heavy (non-hydrogen) atoms. The summed E-state index contributed by atoms with van der Waals surface area (Å²) in [5, 5.41) is 5.91. The van der Waals surface area contributed by atoms with Crippen LogP contribution >= 0.6 is 11.3 Å². The molecule has 0 bridgehead atoms. The normalized spacial score (nSPS) is 11.2. The van der Waals surface area contributed by atoms with E-state index in [-0.39, 0.29) is 30.3 Å². The number of hydrogen-bond acceptors (Lipinski definition) is 4. The first-order chi connectivity index (χ1) is 11.6. The highest BCUT2D eigenvalue weighted by atomic mass is 32.1. The number of nitrogens with zero attached hydrogens (tertiary/aromatic N) is 2. The number of carbonyl (C=O) groups excluding carboxylic acids is 2. The first kappa shape index (κ1) is 19.1. The van der Waals surface area contributed by atoms with Gasteiger partial charge in [-0.05, 0) is 33.3 Å².